The first kappa shape index (κ1) is 36.7. The van der Waals surface area contributed by atoms with Crippen molar-refractivity contribution in [3.63, 3.8) is 0 Å². The van der Waals surface area contributed by atoms with Gasteiger partial charge < -0.3 is 30.1 Å². The van der Waals surface area contributed by atoms with Crippen molar-refractivity contribution in [1.82, 2.24) is 25.2 Å². The van der Waals surface area contributed by atoms with E-state index in [0.29, 0.717) is 53.8 Å². The second kappa shape index (κ2) is 14.5. The van der Waals surface area contributed by atoms with Crippen molar-refractivity contribution < 1.29 is 42.2 Å². The summed E-state index contributed by atoms with van der Waals surface area (Å²) in [5.74, 6) is -2.20. The minimum atomic E-state index is -3.91. The molecule has 7 atom stereocenters. The first-order valence-electron chi connectivity index (χ1n) is 17.4. The molecule has 16 heteroatoms. The fourth-order valence-corrected chi connectivity index (χ4v) is 8.98. The van der Waals surface area contributed by atoms with E-state index < -0.39 is 74.7 Å². The van der Waals surface area contributed by atoms with Gasteiger partial charge in [-0.15, -0.1) is 0 Å². The summed E-state index contributed by atoms with van der Waals surface area (Å²) in [6.45, 7) is 5.95. The van der Waals surface area contributed by atoms with Crippen LogP contribution in [0.1, 0.15) is 65.7 Å². The van der Waals surface area contributed by atoms with Crippen molar-refractivity contribution in [3.8, 4) is 11.6 Å². The van der Waals surface area contributed by atoms with Crippen LogP contribution in [0.4, 0.5) is 4.79 Å². The molecule has 3 heterocycles. The zero-order chi connectivity index (χ0) is 36.7. The molecule has 1 aromatic heterocycles. The van der Waals surface area contributed by atoms with Crippen LogP contribution in [-0.2, 0) is 24.4 Å². The first-order valence-corrected chi connectivity index (χ1v) is 19.4. The first-order chi connectivity index (χ1) is 24.2. The molecule has 0 unspecified atom stereocenters. The molecule has 2 aliphatic heterocycles. The number of rotatable bonds is 8. The van der Waals surface area contributed by atoms with Crippen molar-refractivity contribution in [2.24, 2.45) is 17.8 Å². The lowest BCUT2D eigenvalue weighted by Gasteiger charge is -2.32. The number of carbonyl (C=O) groups excluding carboxylic acids is 3. The van der Waals surface area contributed by atoms with Crippen LogP contribution in [0, 0.1) is 17.8 Å². The molecule has 4 aliphatic rings. The SMILES string of the molecule is CCOc1cnc(O[C@@H]2C[C@H]3C(=O)N[C@]4(C(=O)NS(=O)(=O)C5CC5)C[C@H]4/C=C\CC[C@@H](C)C[C@@H](C)[C@H](NC(=O)O)C(=O)N3C2)c2cccc(Cl)c12. The van der Waals surface area contributed by atoms with Gasteiger partial charge in [-0.25, -0.2) is 18.2 Å². The quantitative estimate of drug-likeness (QED) is 0.289. The number of carbonyl (C=O) groups is 4. The van der Waals surface area contributed by atoms with Gasteiger partial charge in [-0.2, -0.15) is 0 Å². The zero-order valence-electron chi connectivity index (χ0n) is 28.8. The molecule has 276 valence electrons. The summed E-state index contributed by atoms with van der Waals surface area (Å²) in [7, 11) is -3.91. The summed E-state index contributed by atoms with van der Waals surface area (Å²) in [5, 5.41) is 15.9. The number of nitrogens with one attached hydrogen (secondary N) is 3. The average molecular weight is 746 g/mol. The summed E-state index contributed by atoms with van der Waals surface area (Å²) < 4.78 is 39.9. The van der Waals surface area contributed by atoms with Gasteiger partial charge in [0.05, 0.1) is 29.6 Å². The highest BCUT2D eigenvalue weighted by atomic mass is 35.5. The number of fused-ring (bicyclic) bond motifs is 3. The van der Waals surface area contributed by atoms with Gasteiger partial charge in [0.1, 0.15) is 29.5 Å². The van der Waals surface area contributed by atoms with Crippen LogP contribution < -0.4 is 24.8 Å². The monoisotopic (exact) mass is 745 g/mol. The van der Waals surface area contributed by atoms with E-state index in [1.807, 2.05) is 26.0 Å². The lowest BCUT2D eigenvalue weighted by atomic mass is 9.88. The number of nitrogens with zero attached hydrogens (tertiary/aromatic N) is 2. The third kappa shape index (κ3) is 7.74. The Hall–Kier alpha value is -4.11. The number of aromatic nitrogens is 1. The van der Waals surface area contributed by atoms with Crippen LogP contribution in [0.25, 0.3) is 10.8 Å². The van der Waals surface area contributed by atoms with E-state index in [2.05, 4.69) is 20.3 Å². The Morgan fingerprint density at radius 3 is 2.65 bits per heavy atom. The molecule has 0 radical (unpaired) electrons. The molecular formula is C35H44ClN5O9S. The number of allylic oxidation sites excluding steroid dienone is 1. The predicted octanol–water partition coefficient (Wildman–Crippen LogP) is 3.77. The maximum Gasteiger partial charge on any atom is 0.405 e. The summed E-state index contributed by atoms with van der Waals surface area (Å²) in [6, 6.07) is 2.88. The summed E-state index contributed by atoms with van der Waals surface area (Å²) in [6.07, 6.45) is 6.10. The average Bonchev–Trinajstić information content (AvgIpc) is 3.99. The third-order valence-electron chi connectivity index (χ3n) is 10.3. The van der Waals surface area contributed by atoms with Gasteiger partial charge in [0.15, 0.2) is 0 Å². The molecule has 51 heavy (non-hydrogen) atoms. The van der Waals surface area contributed by atoms with Gasteiger partial charge in [-0.05, 0) is 69.4 Å². The Labute approximate surface area is 301 Å². The number of hydrogen-bond donors (Lipinski definition) is 4. The molecule has 1 saturated heterocycles. The number of hydrogen-bond acceptors (Lipinski definition) is 9. The molecule has 14 nitrogen and oxygen atoms in total. The number of ether oxygens (including phenoxy) is 2. The largest absolute Gasteiger partial charge is 0.492 e. The van der Waals surface area contributed by atoms with E-state index in [-0.39, 0.29) is 31.2 Å². The minimum absolute atomic E-state index is 0.0162. The smallest absolute Gasteiger partial charge is 0.405 e. The van der Waals surface area contributed by atoms with Crippen LogP contribution in [-0.4, -0.2) is 89.4 Å². The normalized spacial score (nSPS) is 30.5. The number of amides is 4. The molecule has 2 aromatic rings. The molecule has 6 rings (SSSR count). The molecule has 2 aliphatic carbocycles. The Morgan fingerprint density at radius 1 is 1.18 bits per heavy atom. The number of sulfonamides is 1. The molecule has 0 spiro atoms. The predicted molar refractivity (Wildman–Crippen MR) is 188 cm³/mol. The fourth-order valence-electron chi connectivity index (χ4n) is 7.35. The highest BCUT2D eigenvalue weighted by molar-refractivity contribution is 7.91. The molecule has 4 N–H and O–H groups in total. The Balaban J connectivity index is 1.35. The van der Waals surface area contributed by atoms with Gasteiger partial charge in [0.2, 0.25) is 27.7 Å². The van der Waals surface area contributed by atoms with Crippen molar-refractivity contribution in [3.05, 3.63) is 41.6 Å². The van der Waals surface area contributed by atoms with E-state index in [0.717, 1.165) is 6.42 Å². The van der Waals surface area contributed by atoms with Gasteiger partial charge in [-0.1, -0.05) is 43.7 Å². The van der Waals surface area contributed by atoms with Gasteiger partial charge >= 0.3 is 6.09 Å². The van der Waals surface area contributed by atoms with E-state index in [4.69, 9.17) is 21.1 Å². The van der Waals surface area contributed by atoms with Crippen molar-refractivity contribution in [2.75, 3.05) is 13.2 Å². The molecule has 0 bridgehead atoms. The molecule has 4 amide bonds. The number of halogens is 1. The fraction of sp³-hybridized carbons (Fsp3) is 0.571. The van der Waals surface area contributed by atoms with Gasteiger partial charge in [0, 0.05) is 23.1 Å². The van der Waals surface area contributed by atoms with E-state index in [1.54, 1.807) is 25.1 Å². The highest BCUT2D eigenvalue weighted by Crippen LogP contribution is 2.46. The third-order valence-corrected chi connectivity index (χ3v) is 12.4. The van der Waals surface area contributed by atoms with Crippen molar-refractivity contribution in [1.29, 1.82) is 0 Å². The van der Waals surface area contributed by atoms with Crippen LogP contribution in [0.5, 0.6) is 11.6 Å². The van der Waals surface area contributed by atoms with Crippen LogP contribution in [0.2, 0.25) is 5.02 Å². The Morgan fingerprint density at radius 2 is 1.94 bits per heavy atom. The summed E-state index contributed by atoms with van der Waals surface area (Å²) in [5.41, 5.74) is -1.54. The van der Waals surface area contributed by atoms with E-state index in [1.165, 1.54) is 11.1 Å². The van der Waals surface area contributed by atoms with Gasteiger partial charge in [0.25, 0.3) is 5.91 Å². The van der Waals surface area contributed by atoms with Crippen molar-refractivity contribution >= 4 is 56.2 Å². The van der Waals surface area contributed by atoms with Crippen LogP contribution in [0.15, 0.2) is 36.5 Å². The lowest BCUT2D eigenvalue weighted by molar-refractivity contribution is -0.142. The Bertz CT molecular complexity index is 1850. The number of pyridine rings is 1. The van der Waals surface area contributed by atoms with E-state index in [9.17, 15) is 32.7 Å². The Kier molecular flexibility index (Phi) is 10.4. The van der Waals surface area contributed by atoms with Crippen LogP contribution >= 0.6 is 11.6 Å². The molecule has 2 saturated carbocycles. The second-order valence-electron chi connectivity index (χ2n) is 14.2. The molecular weight excluding hydrogens is 702 g/mol. The zero-order valence-corrected chi connectivity index (χ0v) is 30.3. The summed E-state index contributed by atoms with van der Waals surface area (Å²) >= 11 is 6.55. The molecule has 3 fully saturated rings. The van der Waals surface area contributed by atoms with Crippen molar-refractivity contribution in [2.45, 2.75) is 94.7 Å². The topological polar surface area (TPSA) is 193 Å². The maximum atomic E-state index is 14.4. The second-order valence-corrected chi connectivity index (χ2v) is 16.6. The number of benzene rings is 1. The highest BCUT2D eigenvalue weighted by Gasteiger charge is 2.62. The standard InChI is InChI=1S/C35H44ClN5O9S/c1-4-49-27-17-37-31(24-10-7-11-25(36)28(24)27)50-22-15-26-30(42)39-35(33(44)40-51(47,48)23-12-13-23)16-21(35)9-6-5-8-19(2)14-20(3)29(38-34(45)46)32(43)41(26)18-22/h6-7,9-11,17,19-23,26,29,38H,4-5,8,12-16,18H2,1-3H3,(H,39,42)(H,40,44)(H,45,46)/b9-6-/t19-,20-,21-,22-,26+,29+,35-/m1/s1. The number of carboxylic acid groups (broad SMARTS) is 1. The summed E-state index contributed by atoms with van der Waals surface area (Å²) in [4.78, 5) is 60.0. The maximum absolute atomic E-state index is 14.4. The lowest BCUT2D eigenvalue weighted by Crippen LogP contribution is -2.59. The van der Waals surface area contributed by atoms with Gasteiger partial charge in [-0.3, -0.25) is 19.1 Å². The minimum Gasteiger partial charge on any atom is -0.492 e. The van der Waals surface area contributed by atoms with E-state index >= 15 is 0 Å². The van der Waals surface area contributed by atoms with Crippen LogP contribution in [0.3, 0.4) is 0 Å². The molecule has 1 aromatic carbocycles.